The molecule has 0 aromatic heterocycles. The lowest BCUT2D eigenvalue weighted by Gasteiger charge is -2.11. The molecule has 21 heavy (non-hydrogen) atoms. The van der Waals surface area contributed by atoms with Gasteiger partial charge in [0.05, 0.1) is 11.5 Å². The fourth-order valence-corrected chi connectivity index (χ4v) is 3.52. The number of fused-ring (bicyclic) bond motifs is 1. The number of aliphatic hydroxyl groups excluding tert-OH is 1. The Kier molecular flexibility index (Phi) is 3.48. The van der Waals surface area contributed by atoms with E-state index in [0.717, 1.165) is 5.56 Å². The van der Waals surface area contributed by atoms with E-state index in [1.165, 1.54) is 6.07 Å². The predicted molar refractivity (Wildman–Crippen MR) is 79.6 cm³/mol. The molecule has 2 N–H and O–H groups in total. The summed E-state index contributed by atoms with van der Waals surface area (Å²) in [5, 5.41) is 9.53. The lowest BCUT2D eigenvalue weighted by atomic mass is 10.1. The quantitative estimate of drug-likeness (QED) is 0.901. The minimum Gasteiger partial charge on any atom is -0.394 e. The van der Waals surface area contributed by atoms with E-state index in [1.807, 2.05) is 30.3 Å². The first-order valence-corrected chi connectivity index (χ1v) is 7.96. The molecule has 0 bridgehead atoms. The minimum atomic E-state index is -3.55. The van der Waals surface area contributed by atoms with Crippen LogP contribution in [0.25, 0.3) is 0 Å². The van der Waals surface area contributed by atoms with Gasteiger partial charge in [-0.1, -0.05) is 42.5 Å². The van der Waals surface area contributed by atoms with Crippen molar-refractivity contribution in [2.45, 2.75) is 10.9 Å². The Balaban J connectivity index is 2.05. The fraction of sp³-hybridized carbons (Fsp3) is 0.133. The largest absolute Gasteiger partial charge is 0.394 e. The second-order valence-electron chi connectivity index (χ2n) is 4.69. The van der Waals surface area contributed by atoms with Crippen LogP contribution in [0.3, 0.4) is 0 Å². The molecule has 0 aliphatic carbocycles. The number of amidine groups is 1. The van der Waals surface area contributed by atoms with Crippen molar-refractivity contribution in [1.82, 2.24) is 4.72 Å². The molecule has 1 heterocycles. The highest BCUT2D eigenvalue weighted by molar-refractivity contribution is 7.90. The molecule has 0 saturated carbocycles. The zero-order valence-electron chi connectivity index (χ0n) is 11.1. The van der Waals surface area contributed by atoms with Crippen LogP contribution in [0.4, 0.5) is 0 Å². The van der Waals surface area contributed by atoms with Crippen molar-refractivity contribution in [2.24, 2.45) is 4.99 Å². The molecule has 5 nitrogen and oxygen atoms in total. The zero-order chi connectivity index (χ0) is 14.9. The number of aliphatic hydroxyl groups is 1. The summed E-state index contributed by atoms with van der Waals surface area (Å²) in [7, 11) is -3.55. The number of hydrogen-bond donors (Lipinski definition) is 2. The van der Waals surface area contributed by atoms with E-state index in [-0.39, 0.29) is 17.3 Å². The highest BCUT2D eigenvalue weighted by Gasteiger charge is 2.30. The number of hydrogen-bond acceptors (Lipinski definition) is 4. The van der Waals surface area contributed by atoms with Crippen molar-refractivity contribution in [3.05, 3.63) is 65.7 Å². The van der Waals surface area contributed by atoms with Crippen LogP contribution >= 0.6 is 0 Å². The number of nitrogens with one attached hydrogen (secondary N) is 1. The van der Waals surface area contributed by atoms with E-state index in [1.54, 1.807) is 18.2 Å². The van der Waals surface area contributed by atoms with Crippen LogP contribution in [0, 0.1) is 0 Å². The molecule has 6 heteroatoms. The van der Waals surface area contributed by atoms with Gasteiger partial charge in [0.25, 0.3) is 10.0 Å². The molecule has 108 valence electrons. The molecule has 0 unspecified atom stereocenters. The number of aliphatic imine (C=N–C) groups is 1. The Morgan fingerprint density at radius 1 is 1.05 bits per heavy atom. The number of rotatable bonds is 3. The first-order valence-electron chi connectivity index (χ1n) is 6.47. The molecule has 1 atom stereocenters. The average molecular weight is 302 g/mol. The molecule has 0 fully saturated rings. The third kappa shape index (κ3) is 2.55. The molecule has 3 rings (SSSR count). The van der Waals surface area contributed by atoms with E-state index < -0.39 is 16.1 Å². The highest BCUT2D eigenvalue weighted by atomic mass is 32.2. The lowest BCUT2D eigenvalue weighted by Crippen LogP contribution is -2.23. The van der Waals surface area contributed by atoms with Crippen molar-refractivity contribution >= 4 is 15.9 Å². The molecule has 0 amide bonds. The molecule has 1 aliphatic rings. The predicted octanol–water partition coefficient (Wildman–Crippen LogP) is 1.46. The first kappa shape index (κ1) is 13.8. The van der Waals surface area contributed by atoms with Crippen LogP contribution in [-0.2, 0) is 10.0 Å². The third-order valence-corrected chi connectivity index (χ3v) is 4.70. The summed E-state index contributed by atoms with van der Waals surface area (Å²) in [4.78, 5) is 4.59. The van der Waals surface area contributed by atoms with Gasteiger partial charge in [0.1, 0.15) is 11.9 Å². The zero-order valence-corrected chi connectivity index (χ0v) is 11.9. The average Bonchev–Trinajstić information content (AvgIpc) is 2.77. The van der Waals surface area contributed by atoms with Crippen molar-refractivity contribution < 1.29 is 13.5 Å². The maximum absolute atomic E-state index is 12.0. The van der Waals surface area contributed by atoms with E-state index in [9.17, 15) is 13.5 Å². The number of nitrogens with zero attached hydrogens (tertiary/aromatic N) is 1. The number of benzene rings is 2. The molecule has 2 aromatic carbocycles. The molecule has 1 aliphatic heterocycles. The molecular weight excluding hydrogens is 288 g/mol. The summed E-state index contributed by atoms with van der Waals surface area (Å²) in [5.41, 5.74) is 1.36. The van der Waals surface area contributed by atoms with Crippen molar-refractivity contribution in [2.75, 3.05) is 6.61 Å². The van der Waals surface area contributed by atoms with Gasteiger partial charge in [0, 0.05) is 5.56 Å². The monoisotopic (exact) mass is 302 g/mol. The highest BCUT2D eigenvalue weighted by Crippen LogP contribution is 2.25. The van der Waals surface area contributed by atoms with E-state index >= 15 is 0 Å². The summed E-state index contributed by atoms with van der Waals surface area (Å²) < 4.78 is 26.5. The summed E-state index contributed by atoms with van der Waals surface area (Å²) >= 11 is 0. The Bertz CT molecular complexity index is 786. The van der Waals surface area contributed by atoms with Crippen LogP contribution in [0.15, 0.2) is 64.5 Å². The topological polar surface area (TPSA) is 78.8 Å². The van der Waals surface area contributed by atoms with Crippen molar-refractivity contribution in [1.29, 1.82) is 0 Å². The van der Waals surface area contributed by atoms with E-state index in [2.05, 4.69) is 9.71 Å². The molecule has 0 saturated heterocycles. The maximum atomic E-state index is 12.0. The van der Waals surface area contributed by atoms with Gasteiger partial charge in [-0.25, -0.2) is 8.42 Å². The van der Waals surface area contributed by atoms with Crippen molar-refractivity contribution in [3.63, 3.8) is 0 Å². The summed E-state index contributed by atoms with van der Waals surface area (Å²) in [5.74, 6) is 0.272. The molecule has 0 spiro atoms. The standard InChI is InChI=1S/C15H14N2O3S/c18-10-13(11-6-2-1-3-7-11)16-15-12-8-4-5-9-14(12)21(19,20)17-15/h1-9,13,18H,10H2,(H,16,17)/t13-/m0/s1. The van der Waals surface area contributed by atoms with Crippen LogP contribution < -0.4 is 4.72 Å². The Labute approximate surface area is 123 Å². The van der Waals surface area contributed by atoms with Gasteiger partial charge in [-0.3, -0.25) is 9.71 Å². The fourth-order valence-electron chi connectivity index (χ4n) is 2.28. The Morgan fingerprint density at radius 3 is 2.43 bits per heavy atom. The first-order chi connectivity index (χ1) is 10.1. The second kappa shape index (κ2) is 5.31. The van der Waals surface area contributed by atoms with Gasteiger partial charge in [-0.2, -0.15) is 0 Å². The van der Waals surface area contributed by atoms with Gasteiger partial charge < -0.3 is 5.11 Å². The summed E-state index contributed by atoms with van der Waals surface area (Å²) in [6.45, 7) is -0.197. The van der Waals surface area contributed by atoms with E-state index in [4.69, 9.17) is 0 Å². The Hall–Kier alpha value is -2.18. The van der Waals surface area contributed by atoms with Gasteiger partial charge in [0.15, 0.2) is 0 Å². The molecular formula is C15H14N2O3S. The van der Waals surface area contributed by atoms with Gasteiger partial charge in [0.2, 0.25) is 0 Å². The lowest BCUT2D eigenvalue weighted by molar-refractivity contribution is 0.269. The molecule has 0 radical (unpaired) electrons. The van der Waals surface area contributed by atoms with Crippen LogP contribution in [-0.4, -0.2) is 26.0 Å². The van der Waals surface area contributed by atoms with Crippen LogP contribution in [0.5, 0.6) is 0 Å². The van der Waals surface area contributed by atoms with Gasteiger partial charge in [-0.05, 0) is 17.7 Å². The smallest absolute Gasteiger partial charge is 0.263 e. The Morgan fingerprint density at radius 2 is 1.71 bits per heavy atom. The van der Waals surface area contributed by atoms with E-state index in [0.29, 0.717) is 5.56 Å². The summed E-state index contributed by atoms with van der Waals surface area (Å²) in [6, 6.07) is 15.4. The van der Waals surface area contributed by atoms with Gasteiger partial charge >= 0.3 is 0 Å². The van der Waals surface area contributed by atoms with Crippen LogP contribution in [0.1, 0.15) is 17.2 Å². The van der Waals surface area contributed by atoms with Crippen LogP contribution in [0.2, 0.25) is 0 Å². The SMILES string of the molecule is O=S1(=O)NC(=N[C@@H](CO)c2ccccc2)c2ccccc21. The van der Waals surface area contributed by atoms with Crippen molar-refractivity contribution in [3.8, 4) is 0 Å². The third-order valence-electron chi connectivity index (χ3n) is 3.30. The maximum Gasteiger partial charge on any atom is 0.263 e. The van der Waals surface area contributed by atoms with Gasteiger partial charge in [-0.15, -0.1) is 0 Å². The normalized spacial score (nSPS) is 19.0. The molecule has 2 aromatic rings. The summed E-state index contributed by atoms with van der Waals surface area (Å²) in [6.07, 6.45) is 0. The second-order valence-corrected chi connectivity index (χ2v) is 6.34. The number of sulfonamides is 1. The minimum absolute atomic E-state index is 0.197.